The Morgan fingerprint density at radius 2 is 1.46 bits per heavy atom. The van der Waals surface area contributed by atoms with Gasteiger partial charge in [0.1, 0.15) is 11.5 Å². The van der Waals surface area contributed by atoms with Crippen molar-refractivity contribution in [1.29, 1.82) is 0 Å². The van der Waals surface area contributed by atoms with E-state index in [4.69, 9.17) is 4.98 Å². The predicted octanol–water partition coefficient (Wildman–Crippen LogP) is -1.69. The fraction of sp³-hybridized carbons (Fsp3) is 0.0500. The highest BCUT2D eigenvalue weighted by molar-refractivity contribution is 5.90. The minimum Gasteiger partial charge on any atom is -1.00 e. The van der Waals surface area contributed by atoms with Crippen LogP contribution < -0.4 is 30.1 Å². The van der Waals surface area contributed by atoms with E-state index in [2.05, 4.69) is 27.4 Å². The van der Waals surface area contributed by atoms with Gasteiger partial charge in [-0.3, -0.25) is 4.98 Å². The highest BCUT2D eigenvalue weighted by atomic mass is 35.5. The van der Waals surface area contributed by atoms with Crippen molar-refractivity contribution in [3.05, 3.63) is 84.6 Å². The smallest absolute Gasteiger partial charge is 0.180 e. The zero-order chi connectivity index (χ0) is 16.2. The number of benzene rings is 2. The molecule has 0 radical (unpaired) electrons. The van der Waals surface area contributed by atoms with Crippen LogP contribution in [-0.4, -0.2) is 15.0 Å². The molecule has 4 rings (SSSR count). The highest BCUT2D eigenvalue weighted by Gasteiger charge is 2.09. The number of hydrogen-bond donors (Lipinski definition) is 1. The summed E-state index contributed by atoms with van der Waals surface area (Å²) in [5.74, 6) is 1.45. The van der Waals surface area contributed by atoms with Crippen LogP contribution in [-0.2, 0) is 6.54 Å². The molecule has 4 aromatic rings. The van der Waals surface area contributed by atoms with Gasteiger partial charge in [-0.15, -0.1) is 0 Å². The molecule has 0 unspecified atom stereocenters. The molecule has 0 amide bonds. The SMILES string of the molecule is [Cl-].[Cl-].c1ccc(CNc2nc(-c3ccccn3)nc3ccccc23)cc1. The Morgan fingerprint density at radius 3 is 2.23 bits per heavy atom. The van der Waals surface area contributed by atoms with E-state index in [1.54, 1.807) is 6.20 Å². The third-order valence-corrected chi connectivity index (χ3v) is 3.80. The van der Waals surface area contributed by atoms with Crippen molar-refractivity contribution in [2.24, 2.45) is 0 Å². The maximum absolute atomic E-state index is 4.70. The fourth-order valence-electron chi connectivity index (χ4n) is 2.60. The quantitative estimate of drug-likeness (QED) is 0.457. The minimum atomic E-state index is 0. The number of pyridine rings is 1. The molecule has 0 aliphatic heterocycles. The third kappa shape index (κ3) is 4.28. The molecule has 0 saturated heterocycles. The van der Waals surface area contributed by atoms with Crippen LogP contribution in [0.4, 0.5) is 5.82 Å². The van der Waals surface area contributed by atoms with Crippen LogP contribution in [0.3, 0.4) is 0 Å². The normalized spacial score (nSPS) is 9.85. The van der Waals surface area contributed by atoms with Crippen LogP contribution in [0.25, 0.3) is 22.4 Å². The van der Waals surface area contributed by atoms with Crippen LogP contribution in [0, 0.1) is 0 Å². The van der Waals surface area contributed by atoms with Crippen LogP contribution in [0.1, 0.15) is 5.56 Å². The van der Waals surface area contributed by atoms with Gasteiger partial charge in [-0.1, -0.05) is 48.5 Å². The Balaban J connectivity index is 0.00000121. The average Bonchev–Trinajstić information content (AvgIpc) is 2.67. The summed E-state index contributed by atoms with van der Waals surface area (Å²) in [7, 11) is 0. The Kier molecular flexibility index (Phi) is 6.89. The molecule has 2 aromatic carbocycles. The van der Waals surface area contributed by atoms with Gasteiger partial charge in [0, 0.05) is 18.1 Å². The first-order chi connectivity index (χ1) is 11.9. The van der Waals surface area contributed by atoms with Gasteiger partial charge >= 0.3 is 0 Å². The second-order valence-electron chi connectivity index (χ2n) is 5.47. The van der Waals surface area contributed by atoms with Gasteiger partial charge in [0.25, 0.3) is 0 Å². The van der Waals surface area contributed by atoms with Crippen molar-refractivity contribution in [2.45, 2.75) is 6.54 Å². The lowest BCUT2D eigenvalue weighted by Gasteiger charge is -2.10. The number of halogens is 2. The van der Waals surface area contributed by atoms with Crippen molar-refractivity contribution in [2.75, 3.05) is 5.32 Å². The molecule has 2 heterocycles. The predicted molar refractivity (Wildman–Crippen MR) is 96.5 cm³/mol. The van der Waals surface area contributed by atoms with Gasteiger partial charge < -0.3 is 30.1 Å². The number of rotatable bonds is 4. The molecule has 0 spiro atoms. The lowest BCUT2D eigenvalue weighted by atomic mass is 10.2. The summed E-state index contributed by atoms with van der Waals surface area (Å²) < 4.78 is 0. The maximum Gasteiger partial charge on any atom is 0.180 e. The number of fused-ring (bicyclic) bond motifs is 1. The van der Waals surface area contributed by atoms with E-state index in [1.807, 2.05) is 60.7 Å². The summed E-state index contributed by atoms with van der Waals surface area (Å²) in [5.41, 5.74) is 2.88. The van der Waals surface area contributed by atoms with Crippen molar-refractivity contribution in [3.8, 4) is 11.5 Å². The molecule has 0 aliphatic carbocycles. The molecule has 0 atom stereocenters. The first-order valence-corrected chi connectivity index (χ1v) is 7.86. The largest absolute Gasteiger partial charge is 1.00 e. The van der Waals surface area contributed by atoms with Crippen molar-refractivity contribution >= 4 is 16.7 Å². The summed E-state index contributed by atoms with van der Waals surface area (Å²) >= 11 is 0. The van der Waals surface area contributed by atoms with Crippen LogP contribution in [0.15, 0.2) is 79.0 Å². The van der Waals surface area contributed by atoms with Gasteiger partial charge in [-0.2, -0.15) is 0 Å². The Bertz CT molecular complexity index is 963. The van der Waals surface area contributed by atoms with Crippen LogP contribution in [0.2, 0.25) is 0 Å². The van der Waals surface area contributed by atoms with E-state index in [0.717, 1.165) is 22.4 Å². The van der Waals surface area contributed by atoms with E-state index in [9.17, 15) is 0 Å². The molecular weight excluding hydrogens is 367 g/mol. The molecule has 0 bridgehead atoms. The van der Waals surface area contributed by atoms with E-state index in [-0.39, 0.29) is 24.8 Å². The molecule has 0 aliphatic rings. The Hall–Kier alpha value is -2.69. The van der Waals surface area contributed by atoms with Gasteiger partial charge in [0.2, 0.25) is 0 Å². The summed E-state index contributed by atoms with van der Waals surface area (Å²) in [6.45, 7) is 0.712. The summed E-state index contributed by atoms with van der Waals surface area (Å²) in [5, 5.41) is 4.44. The minimum absolute atomic E-state index is 0. The number of aromatic nitrogens is 3. The summed E-state index contributed by atoms with van der Waals surface area (Å²) in [6, 6.07) is 24.0. The molecule has 26 heavy (non-hydrogen) atoms. The molecule has 2 aromatic heterocycles. The molecule has 132 valence electrons. The maximum atomic E-state index is 4.70. The number of nitrogens with zero attached hydrogens (tertiary/aromatic N) is 3. The number of anilines is 1. The zero-order valence-corrected chi connectivity index (χ0v) is 15.3. The van der Waals surface area contributed by atoms with Crippen molar-refractivity contribution in [1.82, 2.24) is 15.0 Å². The summed E-state index contributed by atoms with van der Waals surface area (Å²) in [6.07, 6.45) is 1.75. The van der Waals surface area contributed by atoms with Crippen LogP contribution >= 0.6 is 0 Å². The van der Waals surface area contributed by atoms with E-state index >= 15 is 0 Å². The second kappa shape index (κ2) is 9.13. The van der Waals surface area contributed by atoms with E-state index in [0.29, 0.717) is 12.4 Å². The average molecular weight is 383 g/mol. The van der Waals surface area contributed by atoms with Crippen molar-refractivity contribution in [3.63, 3.8) is 0 Å². The highest BCUT2D eigenvalue weighted by Crippen LogP contribution is 2.24. The zero-order valence-electron chi connectivity index (χ0n) is 13.8. The van der Waals surface area contributed by atoms with Gasteiger partial charge in [0.05, 0.1) is 5.52 Å². The Labute approximate surface area is 164 Å². The van der Waals surface area contributed by atoms with Gasteiger partial charge in [-0.05, 0) is 29.8 Å². The first-order valence-electron chi connectivity index (χ1n) is 7.86. The van der Waals surface area contributed by atoms with E-state index < -0.39 is 0 Å². The third-order valence-electron chi connectivity index (χ3n) is 3.80. The van der Waals surface area contributed by atoms with Crippen LogP contribution in [0.5, 0.6) is 0 Å². The molecular formula is C20H16Cl2N4-2. The number of hydrogen-bond acceptors (Lipinski definition) is 4. The topological polar surface area (TPSA) is 50.7 Å². The monoisotopic (exact) mass is 382 g/mol. The first kappa shape index (κ1) is 19.6. The number of para-hydroxylation sites is 1. The second-order valence-corrected chi connectivity index (χ2v) is 5.47. The molecule has 6 heteroatoms. The lowest BCUT2D eigenvalue weighted by Crippen LogP contribution is -3.00. The fourth-order valence-corrected chi connectivity index (χ4v) is 2.60. The lowest BCUT2D eigenvalue weighted by molar-refractivity contribution is -0.00100. The number of nitrogens with one attached hydrogen (secondary N) is 1. The van der Waals surface area contributed by atoms with E-state index in [1.165, 1.54) is 5.56 Å². The van der Waals surface area contributed by atoms with Crippen molar-refractivity contribution < 1.29 is 24.8 Å². The standard InChI is InChI=1S/C20H16N4.2ClH/c1-2-8-15(9-3-1)14-22-19-16-10-4-5-11-17(16)23-20(24-19)18-12-6-7-13-21-18;;/h1-13H,14H2,(H,22,23,24);2*1H/p-2. The molecule has 4 nitrogen and oxygen atoms in total. The van der Waals surface area contributed by atoms with Gasteiger partial charge in [0.15, 0.2) is 5.82 Å². The molecule has 0 fully saturated rings. The van der Waals surface area contributed by atoms with Gasteiger partial charge in [-0.25, -0.2) is 9.97 Å². The Morgan fingerprint density at radius 1 is 0.731 bits per heavy atom. The molecule has 1 N–H and O–H groups in total. The summed E-state index contributed by atoms with van der Waals surface area (Å²) in [4.78, 5) is 13.7. The molecule has 0 saturated carbocycles.